The van der Waals surface area contributed by atoms with Crippen molar-refractivity contribution in [2.24, 2.45) is 5.92 Å². The van der Waals surface area contributed by atoms with Crippen molar-refractivity contribution in [3.8, 4) is 11.4 Å². The molecule has 8 heteroatoms. The maximum absolute atomic E-state index is 14.1. The average molecular weight is 515 g/mol. The molecule has 6 nitrogen and oxygen atoms in total. The molecular formula is C25H28BrFN4O2. The third-order valence-electron chi connectivity index (χ3n) is 5.90. The Kier molecular flexibility index (Phi) is 6.95. The molecule has 1 amide bonds. The minimum atomic E-state index is -0.459. The number of amides is 1. The van der Waals surface area contributed by atoms with Gasteiger partial charge in [0.2, 0.25) is 17.6 Å². The van der Waals surface area contributed by atoms with Crippen LogP contribution in [0.15, 0.2) is 51.5 Å². The second-order valence-corrected chi connectivity index (χ2v) is 10.4. The molecule has 0 spiro atoms. The van der Waals surface area contributed by atoms with Crippen molar-refractivity contribution in [1.82, 2.24) is 15.0 Å². The maximum atomic E-state index is 14.1. The van der Waals surface area contributed by atoms with Crippen LogP contribution < -0.4 is 5.32 Å². The van der Waals surface area contributed by atoms with Gasteiger partial charge >= 0.3 is 0 Å². The van der Waals surface area contributed by atoms with Gasteiger partial charge in [-0.3, -0.25) is 9.69 Å². The van der Waals surface area contributed by atoms with Crippen molar-refractivity contribution in [2.45, 2.75) is 45.6 Å². The molecule has 0 radical (unpaired) electrons. The van der Waals surface area contributed by atoms with E-state index in [-0.39, 0.29) is 22.9 Å². The summed E-state index contributed by atoms with van der Waals surface area (Å²) in [5.74, 6) is 0.215. The topological polar surface area (TPSA) is 71.3 Å². The van der Waals surface area contributed by atoms with Crippen molar-refractivity contribution in [3.63, 3.8) is 0 Å². The lowest BCUT2D eigenvalue weighted by Crippen LogP contribution is -2.40. The van der Waals surface area contributed by atoms with Gasteiger partial charge in [0.1, 0.15) is 5.82 Å². The van der Waals surface area contributed by atoms with Gasteiger partial charge in [0.05, 0.1) is 18.2 Å². The highest BCUT2D eigenvalue weighted by atomic mass is 79.9. The second-order valence-electron chi connectivity index (χ2n) is 9.53. The van der Waals surface area contributed by atoms with Gasteiger partial charge in [0.25, 0.3) is 0 Å². The molecule has 0 aliphatic carbocycles. The Bertz CT molecular complexity index is 1120. The summed E-state index contributed by atoms with van der Waals surface area (Å²) in [6.07, 6.45) is 1.63. The van der Waals surface area contributed by atoms with Gasteiger partial charge in [-0.15, -0.1) is 0 Å². The molecule has 1 N–H and O–H groups in total. The van der Waals surface area contributed by atoms with Crippen LogP contribution >= 0.6 is 15.9 Å². The molecule has 3 aromatic rings. The summed E-state index contributed by atoms with van der Waals surface area (Å²) < 4.78 is 20.2. The molecule has 1 aromatic heterocycles. The molecule has 4 rings (SSSR count). The number of carbonyl (C=O) groups is 1. The summed E-state index contributed by atoms with van der Waals surface area (Å²) in [7, 11) is 0. The van der Waals surface area contributed by atoms with Crippen molar-refractivity contribution >= 4 is 27.5 Å². The molecule has 1 aliphatic heterocycles. The Hall–Kier alpha value is -2.58. The summed E-state index contributed by atoms with van der Waals surface area (Å²) in [6.45, 7) is 8.40. The van der Waals surface area contributed by atoms with Crippen LogP contribution in [0.5, 0.6) is 0 Å². The highest BCUT2D eigenvalue weighted by Gasteiger charge is 2.27. The molecule has 174 valence electrons. The maximum Gasteiger partial charge on any atom is 0.241 e. The first kappa shape index (κ1) is 23.6. The number of nitrogens with zero attached hydrogens (tertiary/aromatic N) is 3. The SMILES string of the molecule is CC(C)(C)c1ccc(-c2noc(CN3CCCC(C(=O)Nc4ccc(Br)cc4F)C3)n2)cc1. The molecule has 2 heterocycles. The normalized spacial score (nSPS) is 17.2. The number of hydrogen-bond donors (Lipinski definition) is 1. The average Bonchev–Trinajstić information content (AvgIpc) is 3.24. The zero-order chi connectivity index (χ0) is 23.6. The predicted molar refractivity (Wildman–Crippen MR) is 129 cm³/mol. The standard InChI is InChI=1S/C25H28BrFN4O2/c1-25(2,3)18-8-6-16(7-9-18)23-29-22(33-30-23)15-31-12-4-5-17(14-31)24(32)28-21-11-10-19(26)13-20(21)27/h6-11,13,17H,4-5,12,14-15H2,1-3H3,(H,28,32). The van der Waals surface area contributed by atoms with Gasteiger partial charge in [-0.25, -0.2) is 4.39 Å². The van der Waals surface area contributed by atoms with Crippen LogP contribution in [-0.2, 0) is 16.8 Å². The number of hydrogen-bond acceptors (Lipinski definition) is 5. The van der Waals surface area contributed by atoms with Gasteiger partial charge in [0.15, 0.2) is 0 Å². The minimum absolute atomic E-state index is 0.0845. The quantitative estimate of drug-likeness (QED) is 0.466. The number of anilines is 1. The number of carbonyl (C=O) groups excluding carboxylic acids is 1. The molecule has 1 unspecified atom stereocenters. The van der Waals surface area contributed by atoms with E-state index in [0.29, 0.717) is 29.3 Å². The Labute approximate surface area is 201 Å². The van der Waals surface area contributed by atoms with Crippen LogP contribution in [0.4, 0.5) is 10.1 Å². The van der Waals surface area contributed by atoms with Crippen LogP contribution in [0, 0.1) is 11.7 Å². The summed E-state index contributed by atoms with van der Waals surface area (Å²) in [5, 5.41) is 6.85. The molecule has 1 atom stereocenters. The Morgan fingerprint density at radius 1 is 1.24 bits per heavy atom. The van der Waals surface area contributed by atoms with Crippen LogP contribution in [0.2, 0.25) is 0 Å². The Morgan fingerprint density at radius 2 is 2.00 bits per heavy atom. The van der Waals surface area contributed by atoms with Gasteiger partial charge in [-0.05, 0) is 48.6 Å². The van der Waals surface area contributed by atoms with E-state index in [1.807, 2.05) is 12.1 Å². The fraction of sp³-hybridized carbons (Fsp3) is 0.400. The summed E-state index contributed by atoms with van der Waals surface area (Å²) in [5.41, 5.74) is 2.43. The van der Waals surface area contributed by atoms with Gasteiger partial charge < -0.3 is 9.84 Å². The van der Waals surface area contributed by atoms with E-state index in [0.717, 1.165) is 24.9 Å². The number of likely N-dealkylation sites (tertiary alicyclic amines) is 1. The predicted octanol–water partition coefficient (Wildman–Crippen LogP) is 5.79. The number of halogens is 2. The van der Waals surface area contributed by atoms with E-state index in [9.17, 15) is 9.18 Å². The van der Waals surface area contributed by atoms with Crippen LogP contribution in [0.1, 0.15) is 45.1 Å². The number of piperidine rings is 1. The second kappa shape index (κ2) is 9.73. The van der Waals surface area contributed by atoms with Crippen molar-refractivity contribution in [1.29, 1.82) is 0 Å². The third kappa shape index (κ3) is 5.86. The van der Waals surface area contributed by atoms with Gasteiger partial charge in [0, 0.05) is 16.6 Å². The van der Waals surface area contributed by atoms with E-state index in [4.69, 9.17) is 4.52 Å². The van der Waals surface area contributed by atoms with E-state index < -0.39 is 5.82 Å². The number of rotatable bonds is 5. The summed E-state index contributed by atoms with van der Waals surface area (Å²) in [4.78, 5) is 19.4. The van der Waals surface area contributed by atoms with Gasteiger partial charge in [-0.2, -0.15) is 4.98 Å². The van der Waals surface area contributed by atoms with E-state index in [1.54, 1.807) is 12.1 Å². The molecule has 2 aromatic carbocycles. The molecule has 1 aliphatic rings. The van der Waals surface area contributed by atoms with Crippen LogP contribution in [-0.4, -0.2) is 34.0 Å². The first-order valence-corrected chi connectivity index (χ1v) is 11.9. The Morgan fingerprint density at radius 3 is 2.70 bits per heavy atom. The fourth-order valence-corrected chi connectivity index (χ4v) is 4.32. The van der Waals surface area contributed by atoms with E-state index in [1.165, 1.54) is 11.6 Å². The first-order valence-electron chi connectivity index (χ1n) is 11.1. The molecule has 1 saturated heterocycles. The largest absolute Gasteiger partial charge is 0.338 e. The molecule has 1 fully saturated rings. The summed E-state index contributed by atoms with van der Waals surface area (Å²) >= 11 is 3.23. The highest BCUT2D eigenvalue weighted by molar-refractivity contribution is 9.10. The number of benzene rings is 2. The molecule has 33 heavy (non-hydrogen) atoms. The monoisotopic (exact) mass is 514 g/mol. The van der Waals surface area contributed by atoms with E-state index >= 15 is 0 Å². The highest BCUT2D eigenvalue weighted by Crippen LogP contribution is 2.26. The van der Waals surface area contributed by atoms with Crippen molar-refractivity contribution in [3.05, 3.63) is 64.2 Å². The summed E-state index contributed by atoms with van der Waals surface area (Å²) in [6, 6.07) is 12.8. The zero-order valence-electron chi connectivity index (χ0n) is 19.1. The lowest BCUT2D eigenvalue weighted by Gasteiger charge is -2.30. The van der Waals surface area contributed by atoms with Crippen molar-refractivity contribution < 1.29 is 13.7 Å². The fourth-order valence-electron chi connectivity index (χ4n) is 3.99. The van der Waals surface area contributed by atoms with E-state index in [2.05, 4.69) is 69.2 Å². The molecule has 0 saturated carbocycles. The Balaban J connectivity index is 1.37. The molecule has 0 bridgehead atoms. The van der Waals surface area contributed by atoms with Crippen molar-refractivity contribution in [2.75, 3.05) is 18.4 Å². The lowest BCUT2D eigenvalue weighted by molar-refractivity contribution is -0.121. The van der Waals surface area contributed by atoms with Gasteiger partial charge in [-0.1, -0.05) is 66.1 Å². The minimum Gasteiger partial charge on any atom is -0.338 e. The third-order valence-corrected chi connectivity index (χ3v) is 6.39. The lowest BCUT2D eigenvalue weighted by atomic mass is 9.87. The zero-order valence-corrected chi connectivity index (χ0v) is 20.7. The smallest absolute Gasteiger partial charge is 0.241 e. The number of aromatic nitrogens is 2. The van der Waals surface area contributed by atoms with Crippen LogP contribution in [0.25, 0.3) is 11.4 Å². The first-order chi connectivity index (χ1) is 15.7. The molecular weight excluding hydrogens is 487 g/mol. The van der Waals surface area contributed by atoms with Crippen LogP contribution in [0.3, 0.4) is 0 Å². The number of nitrogens with one attached hydrogen (secondary N) is 1.